The molecule has 0 bridgehead atoms. The zero-order valence-corrected chi connectivity index (χ0v) is 11.4. The van der Waals surface area contributed by atoms with Gasteiger partial charge in [-0.3, -0.25) is 0 Å². The average molecular weight is 334 g/mol. The van der Waals surface area contributed by atoms with Gasteiger partial charge >= 0.3 is 12.8 Å². The third-order valence-corrected chi connectivity index (χ3v) is 3.87. The number of ether oxygens (including phenoxy) is 1. The number of hydrogen-bond acceptors (Lipinski definition) is 3. The second-order valence-electron chi connectivity index (χ2n) is 4.29. The summed E-state index contributed by atoms with van der Waals surface area (Å²) in [5, 5.41) is 1.32. The number of halogens is 5. The lowest BCUT2D eigenvalue weighted by Gasteiger charge is -2.07. The predicted molar refractivity (Wildman–Crippen MR) is 71.0 cm³/mol. The van der Waals surface area contributed by atoms with Crippen molar-refractivity contribution >= 4 is 22.4 Å². The molecule has 1 N–H and O–H groups in total. The third kappa shape index (κ3) is 2.63. The van der Waals surface area contributed by atoms with Gasteiger partial charge in [-0.1, -0.05) is 0 Å². The van der Waals surface area contributed by atoms with E-state index in [4.69, 9.17) is 0 Å². The number of aromatic nitrogens is 2. The highest BCUT2D eigenvalue weighted by Crippen LogP contribution is 2.42. The molecule has 3 rings (SSSR count). The minimum Gasteiger partial charge on any atom is -0.417 e. The van der Waals surface area contributed by atoms with E-state index in [2.05, 4.69) is 14.7 Å². The lowest BCUT2D eigenvalue weighted by Crippen LogP contribution is -2.04. The Bertz CT molecular complexity index is 808. The Morgan fingerprint density at radius 3 is 2.64 bits per heavy atom. The molecule has 0 atom stereocenters. The number of pyridine rings is 1. The SMILES string of the molecule is FC(F)Oc1ccc2[nH]cc(-c3sccc3C(F)(F)F)c2n1. The summed E-state index contributed by atoms with van der Waals surface area (Å²) >= 11 is 0.900. The Balaban J connectivity index is 2.14. The van der Waals surface area contributed by atoms with Crippen molar-refractivity contribution in [1.29, 1.82) is 0 Å². The van der Waals surface area contributed by atoms with Gasteiger partial charge in [0.1, 0.15) is 5.52 Å². The molecule has 116 valence electrons. The van der Waals surface area contributed by atoms with Crippen molar-refractivity contribution in [2.45, 2.75) is 12.8 Å². The van der Waals surface area contributed by atoms with Crippen LogP contribution in [0.2, 0.25) is 0 Å². The minimum absolute atomic E-state index is 0.0274. The molecule has 0 fully saturated rings. The summed E-state index contributed by atoms with van der Waals surface area (Å²) in [4.78, 5) is 6.60. The highest BCUT2D eigenvalue weighted by atomic mass is 32.1. The van der Waals surface area contributed by atoms with Crippen LogP contribution in [0.5, 0.6) is 5.88 Å². The molecule has 0 unspecified atom stereocenters. The number of H-pyrrole nitrogens is 1. The van der Waals surface area contributed by atoms with Gasteiger partial charge in [-0.25, -0.2) is 4.98 Å². The second kappa shape index (κ2) is 5.24. The van der Waals surface area contributed by atoms with E-state index >= 15 is 0 Å². The number of hydrogen-bond donors (Lipinski definition) is 1. The van der Waals surface area contributed by atoms with Crippen LogP contribution in [0.1, 0.15) is 5.56 Å². The Labute approximate surface area is 124 Å². The van der Waals surface area contributed by atoms with Crippen molar-refractivity contribution in [3.63, 3.8) is 0 Å². The van der Waals surface area contributed by atoms with Gasteiger partial charge in [-0.05, 0) is 17.5 Å². The average Bonchev–Trinajstić information content (AvgIpc) is 3.01. The molecule has 0 amide bonds. The van der Waals surface area contributed by atoms with E-state index < -0.39 is 18.4 Å². The van der Waals surface area contributed by atoms with Crippen LogP contribution in [0.4, 0.5) is 22.0 Å². The second-order valence-corrected chi connectivity index (χ2v) is 5.20. The predicted octanol–water partition coefficient (Wildman–Crippen LogP) is 4.91. The molecule has 3 heterocycles. The van der Waals surface area contributed by atoms with Crippen molar-refractivity contribution in [2.75, 3.05) is 0 Å². The first-order chi connectivity index (χ1) is 10.4. The molecule has 0 aliphatic carbocycles. The quantitative estimate of drug-likeness (QED) is 0.691. The maximum atomic E-state index is 13.0. The van der Waals surface area contributed by atoms with Gasteiger partial charge in [0.15, 0.2) is 0 Å². The van der Waals surface area contributed by atoms with E-state index in [-0.39, 0.29) is 21.8 Å². The molecule has 3 aromatic heterocycles. The number of rotatable bonds is 3. The number of thiophene rings is 1. The summed E-state index contributed by atoms with van der Waals surface area (Å²) in [5.74, 6) is -0.353. The summed E-state index contributed by atoms with van der Waals surface area (Å²) in [6.07, 6.45) is -3.14. The van der Waals surface area contributed by atoms with E-state index in [9.17, 15) is 22.0 Å². The maximum absolute atomic E-state index is 13.0. The van der Waals surface area contributed by atoms with Crippen molar-refractivity contribution in [3.05, 3.63) is 35.3 Å². The van der Waals surface area contributed by atoms with E-state index in [0.717, 1.165) is 17.4 Å². The van der Waals surface area contributed by atoms with Gasteiger partial charge in [-0.2, -0.15) is 22.0 Å². The van der Waals surface area contributed by atoms with E-state index in [1.54, 1.807) is 0 Å². The summed E-state index contributed by atoms with van der Waals surface area (Å²) in [6.45, 7) is -3.06. The number of nitrogens with one attached hydrogen (secondary N) is 1. The standard InChI is InChI=1S/C13H7F5N2OS/c14-12(15)21-9-2-1-8-10(20-9)6(5-19-8)11-7(3-4-22-11)13(16,17)18/h1-5,12,19H. The smallest absolute Gasteiger partial charge is 0.417 e. The van der Waals surface area contributed by atoms with Crippen molar-refractivity contribution in [3.8, 4) is 16.3 Å². The van der Waals surface area contributed by atoms with Gasteiger partial charge in [0, 0.05) is 17.8 Å². The molecular formula is C13H7F5N2OS. The van der Waals surface area contributed by atoms with Gasteiger partial charge in [-0.15, -0.1) is 11.3 Å². The molecule has 0 aliphatic rings. The Hall–Kier alpha value is -2.16. The molecular weight excluding hydrogens is 327 g/mol. The first-order valence-electron chi connectivity index (χ1n) is 5.94. The first-order valence-corrected chi connectivity index (χ1v) is 6.82. The zero-order chi connectivity index (χ0) is 15.9. The van der Waals surface area contributed by atoms with Crippen LogP contribution in [0.25, 0.3) is 21.5 Å². The lowest BCUT2D eigenvalue weighted by molar-refractivity contribution is -0.136. The van der Waals surface area contributed by atoms with Crippen LogP contribution >= 0.6 is 11.3 Å². The van der Waals surface area contributed by atoms with E-state index in [1.807, 2.05) is 0 Å². The lowest BCUT2D eigenvalue weighted by atomic mass is 10.1. The molecule has 0 spiro atoms. The summed E-state index contributed by atoms with van der Waals surface area (Å²) in [6, 6.07) is 3.61. The van der Waals surface area contributed by atoms with Crippen molar-refractivity contribution < 1.29 is 26.7 Å². The molecule has 9 heteroatoms. The monoisotopic (exact) mass is 334 g/mol. The highest BCUT2D eigenvalue weighted by Gasteiger charge is 2.35. The summed E-state index contributed by atoms with van der Waals surface area (Å²) < 4.78 is 67.6. The summed E-state index contributed by atoms with van der Waals surface area (Å²) in [7, 11) is 0. The number of nitrogens with zero attached hydrogens (tertiary/aromatic N) is 1. The fraction of sp³-hybridized carbons (Fsp3) is 0.154. The van der Waals surface area contributed by atoms with Crippen LogP contribution in [-0.2, 0) is 6.18 Å². The third-order valence-electron chi connectivity index (χ3n) is 2.92. The van der Waals surface area contributed by atoms with Gasteiger partial charge in [0.05, 0.1) is 16.0 Å². The first kappa shape index (κ1) is 14.8. The fourth-order valence-electron chi connectivity index (χ4n) is 2.05. The van der Waals surface area contributed by atoms with Crippen LogP contribution in [0, 0.1) is 0 Å². The molecule has 0 radical (unpaired) electrons. The van der Waals surface area contributed by atoms with Crippen LogP contribution in [0.15, 0.2) is 29.8 Å². The normalized spacial score (nSPS) is 12.3. The molecule has 3 aromatic rings. The Kier molecular flexibility index (Phi) is 3.51. The van der Waals surface area contributed by atoms with E-state index in [0.29, 0.717) is 5.52 Å². The topological polar surface area (TPSA) is 37.9 Å². The number of aromatic amines is 1. The van der Waals surface area contributed by atoms with Crippen molar-refractivity contribution in [1.82, 2.24) is 9.97 Å². The van der Waals surface area contributed by atoms with Gasteiger partial charge < -0.3 is 9.72 Å². The number of fused-ring (bicyclic) bond motifs is 1. The van der Waals surface area contributed by atoms with E-state index in [1.165, 1.54) is 23.7 Å². The largest absolute Gasteiger partial charge is 0.417 e. The Morgan fingerprint density at radius 1 is 1.18 bits per heavy atom. The van der Waals surface area contributed by atoms with Gasteiger partial charge in [0.25, 0.3) is 0 Å². The van der Waals surface area contributed by atoms with Crippen LogP contribution in [0.3, 0.4) is 0 Å². The zero-order valence-electron chi connectivity index (χ0n) is 10.6. The maximum Gasteiger partial charge on any atom is 0.417 e. The molecule has 0 saturated carbocycles. The minimum atomic E-state index is -4.50. The molecule has 0 aliphatic heterocycles. The van der Waals surface area contributed by atoms with Crippen molar-refractivity contribution in [2.24, 2.45) is 0 Å². The summed E-state index contributed by atoms with van der Waals surface area (Å²) in [5.41, 5.74) is -0.0262. The number of alkyl halides is 5. The molecule has 22 heavy (non-hydrogen) atoms. The molecule has 3 nitrogen and oxygen atoms in total. The van der Waals surface area contributed by atoms with Gasteiger partial charge in [0.2, 0.25) is 5.88 Å². The fourth-order valence-corrected chi connectivity index (χ4v) is 2.99. The Morgan fingerprint density at radius 2 is 1.95 bits per heavy atom. The molecule has 0 aromatic carbocycles. The molecule has 0 saturated heterocycles. The van der Waals surface area contributed by atoms with Crippen LogP contribution < -0.4 is 4.74 Å². The van der Waals surface area contributed by atoms with Crippen LogP contribution in [-0.4, -0.2) is 16.6 Å². The highest BCUT2D eigenvalue weighted by molar-refractivity contribution is 7.13.